The van der Waals surface area contributed by atoms with Crippen molar-refractivity contribution in [2.45, 2.75) is 31.9 Å². The lowest BCUT2D eigenvalue weighted by Crippen LogP contribution is -2.43. The van der Waals surface area contributed by atoms with Gasteiger partial charge in [0.25, 0.3) is 0 Å². The molecule has 0 N–H and O–H groups in total. The molecule has 1 rings (SSSR count). The van der Waals surface area contributed by atoms with Crippen LogP contribution in [-0.2, 0) is 9.53 Å². The molecule has 0 aromatic heterocycles. The Balaban J connectivity index is 2.94. The van der Waals surface area contributed by atoms with E-state index in [1.807, 2.05) is 0 Å². The van der Waals surface area contributed by atoms with E-state index in [9.17, 15) is 18.0 Å². The molecule has 0 atom stereocenters. The predicted octanol–water partition coefficient (Wildman–Crippen LogP) is 2.28. The first-order valence-corrected chi connectivity index (χ1v) is 4.09. The molecule has 13 heavy (non-hydrogen) atoms. The Bertz CT molecular complexity index is 204. The van der Waals surface area contributed by atoms with E-state index in [1.165, 1.54) is 0 Å². The average molecular weight is 196 g/mol. The van der Waals surface area contributed by atoms with Crippen molar-refractivity contribution < 1.29 is 22.7 Å². The van der Waals surface area contributed by atoms with Crippen LogP contribution < -0.4 is 0 Å². The summed E-state index contributed by atoms with van der Waals surface area (Å²) in [5.41, 5.74) is -2.22. The molecule has 76 valence electrons. The number of carbonyl (C=O) groups excluding carboxylic acids is 1. The van der Waals surface area contributed by atoms with Crippen LogP contribution in [0.2, 0.25) is 0 Å². The molecule has 0 unspecified atom stereocenters. The minimum atomic E-state index is -4.48. The highest BCUT2D eigenvalue weighted by molar-refractivity contribution is 5.78. The van der Waals surface area contributed by atoms with Gasteiger partial charge in [0.2, 0.25) is 0 Å². The van der Waals surface area contributed by atoms with Gasteiger partial charge < -0.3 is 4.74 Å². The number of hydrogen-bond acceptors (Lipinski definition) is 2. The van der Waals surface area contributed by atoms with Crippen LogP contribution in [0, 0.1) is 5.41 Å². The number of ether oxygens (including phenoxy) is 1. The lowest BCUT2D eigenvalue weighted by molar-refractivity contribution is -0.231. The van der Waals surface area contributed by atoms with Gasteiger partial charge in [0.05, 0.1) is 7.11 Å². The summed E-state index contributed by atoms with van der Waals surface area (Å²) >= 11 is 0. The summed E-state index contributed by atoms with van der Waals surface area (Å²) in [6.07, 6.45) is -3.87. The van der Waals surface area contributed by atoms with Crippen LogP contribution >= 0.6 is 0 Å². The maximum absolute atomic E-state index is 12.6. The fourth-order valence-electron chi connectivity index (χ4n) is 1.78. The number of halogens is 3. The first-order valence-electron chi connectivity index (χ1n) is 4.09. The molecule has 1 aliphatic rings. The third-order valence-electron chi connectivity index (χ3n) is 2.58. The summed E-state index contributed by atoms with van der Waals surface area (Å²) in [6.45, 7) is 0. The first-order chi connectivity index (χ1) is 5.94. The highest BCUT2D eigenvalue weighted by atomic mass is 19.4. The van der Waals surface area contributed by atoms with Gasteiger partial charge in [-0.2, -0.15) is 13.2 Å². The zero-order valence-electron chi connectivity index (χ0n) is 7.28. The third kappa shape index (κ3) is 1.51. The highest BCUT2D eigenvalue weighted by Gasteiger charge is 2.61. The summed E-state index contributed by atoms with van der Waals surface area (Å²) in [5.74, 6) is -1.14. The van der Waals surface area contributed by atoms with Crippen molar-refractivity contribution in [3.63, 3.8) is 0 Å². The molecule has 0 aliphatic heterocycles. The van der Waals surface area contributed by atoms with Crippen LogP contribution in [0.5, 0.6) is 0 Å². The van der Waals surface area contributed by atoms with Gasteiger partial charge in [-0.15, -0.1) is 0 Å². The summed E-state index contributed by atoms with van der Waals surface area (Å²) in [7, 11) is 0.994. The van der Waals surface area contributed by atoms with Crippen molar-refractivity contribution in [1.29, 1.82) is 0 Å². The van der Waals surface area contributed by atoms with Gasteiger partial charge in [-0.3, -0.25) is 4.79 Å². The number of methoxy groups -OCH3 is 1. The van der Waals surface area contributed by atoms with E-state index in [1.54, 1.807) is 0 Å². The molecule has 5 heteroatoms. The van der Waals surface area contributed by atoms with E-state index >= 15 is 0 Å². The Morgan fingerprint density at radius 3 is 2.08 bits per heavy atom. The zero-order valence-corrected chi connectivity index (χ0v) is 7.28. The number of hydrogen-bond donors (Lipinski definition) is 0. The monoisotopic (exact) mass is 196 g/mol. The molecule has 0 amide bonds. The molecule has 2 nitrogen and oxygen atoms in total. The molecule has 0 aromatic carbocycles. The number of alkyl halides is 3. The average Bonchev–Trinajstić information content (AvgIpc) is 2.50. The summed E-state index contributed by atoms with van der Waals surface area (Å²) in [6, 6.07) is 0. The Labute approximate surface area is 74.1 Å². The molecule has 0 saturated heterocycles. The molecular weight excluding hydrogens is 185 g/mol. The van der Waals surface area contributed by atoms with Crippen LogP contribution in [0.3, 0.4) is 0 Å². The van der Waals surface area contributed by atoms with Gasteiger partial charge in [0.1, 0.15) is 0 Å². The molecule has 0 spiro atoms. The van der Waals surface area contributed by atoms with Crippen molar-refractivity contribution in [3.05, 3.63) is 0 Å². The molecule has 0 bridgehead atoms. The normalized spacial score (nSPS) is 21.5. The molecule has 0 heterocycles. The fourth-order valence-corrected chi connectivity index (χ4v) is 1.78. The fraction of sp³-hybridized carbons (Fsp3) is 0.875. The zero-order chi connectivity index (χ0) is 10.1. The van der Waals surface area contributed by atoms with E-state index in [0.29, 0.717) is 12.8 Å². The SMILES string of the molecule is COC(=O)C1(C(F)(F)F)CCCC1. The Morgan fingerprint density at radius 2 is 1.77 bits per heavy atom. The largest absolute Gasteiger partial charge is 0.468 e. The van der Waals surface area contributed by atoms with Gasteiger partial charge in [0, 0.05) is 0 Å². The molecule has 0 aromatic rings. The van der Waals surface area contributed by atoms with Gasteiger partial charge >= 0.3 is 12.1 Å². The Morgan fingerprint density at radius 1 is 1.31 bits per heavy atom. The number of esters is 1. The second-order valence-electron chi connectivity index (χ2n) is 3.28. The van der Waals surface area contributed by atoms with Crippen LogP contribution in [0.15, 0.2) is 0 Å². The minimum Gasteiger partial charge on any atom is -0.468 e. The molecule has 1 saturated carbocycles. The summed E-state index contributed by atoms with van der Waals surface area (Å²) in [5, 5.41) is 0. The van der Waals surface area contributed by atoms with Crippen LogP contribution in [0.4, 0.5) is 13.2 Å². The minimum absolute atomic E-state index is 0.136. The smallest absolute Gasteiger partial charge is 0.404 e. The number of rotatable bonds is 1. The van der Waals surface area contributed by atoms with Crippen molar-refractivity contribution in [1.82, 2.24) is 0 Å². The van der Waals surface area contributed by atoms with Crippen LogP contribution in [0.25, 0.3) is 0 Å². The standard InChI is InChI=1S/C8H11F3O2/c1-13-6(12)7(8(9,10)11)4-2-3-5-7/h2-5H2,1H3. The quantitative estimate of drug-likeness (QED) is 0.601. The van der Waals surface area contributed by atoms with Crippen molar-refractivity contribution in [2.75, 3.05) is 7.11 Å². The predicted molar refractivity (Wildman–Crippen MR) is 39.0 cm³/mol. The first kappa shape index (κ1) is 10.3. The van der Waals surface area contributed by atoms with E-state index in [4.69, 9.17) is 0 Å². The van der Waals surface area contributed by atoms with Crippen molar-refractivity contribution in [3.8, 4) is 0 Å². The van der Waals surface area contributed by atoms with Gasteiger partial charge in [-0.25, -0.2) is 0 Å². The van der Waals surface area contributed by atoms with Gasteiger partial charge in [-0.05, 0) is 12.8 Å². The second-order valence-corrected chi connectivity index (χ2v) is 3.28. The van der Waals surface area contributed by atoms with E-state index in [-0.39, 0.29) is 12.8 Å². The molecule has 1 aliphatic carbocycles. The molecule has 1 fully saturated rings. The maximum atomic E-state index is 12.6. The summed E-state index contributed by atoms with van der Waals surface area (Å²) < 4.78 is 41.9. The van der Waals surface area contributed by atoms with Crippen molar-refractivity contribution in [2.24, 2.45) is 5.41 Å². The molecule has 0 radical (unpaired) electrons. The third-order valence-corrected chi connectivity index (χ3v) is 2.58. The van der Waals surface area contributed by atoms with Crippen LogP contribution in [-0.4, -0.2) is 19.3 Å². The van der Waals surface area contributed by atoms with Crippen LogP contribution in [0.1, 0.15) is 25.7 Å². The van der Waals surface area contributed by atoms with E-state index < -0.39 is 17.6 Å². The van der Waals surface area contributed by atoms with Crippen molar-refractivity contribution >= 4 is 5.97 Å². The van der Waals surface area contributed by atoms with Gasteiger partial charge in [0.15, 0.2) is 5.41 Å². The highest BCUT2D eigenvalue weighted by Crippen LogP contribution is 2.51. The second kappa shape index (κ2) is 3.20. The summed E-state index contributed by atoms with van der Waals surface area (Å²) in [4.78, 5) is 11.0. The lowest BCUT2D eigenvalue weighted by atomic mass is 9.85. The lowest BCUT2D eigenvalue weighted by Gasteiger charge is -2.28. The van der Waals surface area contributed by atoms with Gasteiger partial charge in [-0.1, -0.05) is 12.8 Å². The maximum Gasteiger partial charge on any atom is 0.404 e. The van der Waals surface area contributed by atoms with E-state index in [0.717, 1.165) is 7.11 Å². The Kier molecular flexibility index (Phi) is 2.54. The van der Waals surface area contributed by atoms with E-state index in [2.05, 4.69) is 4.74 Å². The molecular formula is C8H11F3O2. The Hall–Kier alpha value is -0.740. The number of carbonyl (C=O) groups is 1. The topological polar surface area (TPSA) is 26.3 Å².